The largest absolute Gasteiger partial charge is 0.256 e. The van der Waals surface area contributed by atoms with Gasteiger partial charge in [-0.2, -0.15) is 0 Å². The topological polar surface area (TPSA) is 38.7 Å². The van der Waals surface area contributed by atoms with Crippen molar-refractivity contribution in [1.29, 1.82) is 0 Å². The summed E-state index contributed by atoms with van der Waals surface area (Å²) in [5.41, 5.74) is 21.8. The lowest BCUT2D eigenvalue weighted by atomic mass is 9.70. The van der Waals surface area contributed by atoms with Crippen LogP contribution in [0.25, 0.3) is 78.4 Å². The van der Waals surface area contributed by atoms with Gasteiger partial charge < -0.3 is 0 Å². The van der Waals surface area contributed by atoms with Gasteiger partial charge in [0, 0.05) is 34.1 Å². The van der Waals surface area contributed by atoms with Crippen LogP contribution in [0.3, 0.4) is 0 Å². The van der Waals surface area contributed by atoms with E-state index in [2.05, 4.69) is 184 Å². The Kier molecular flexibility index (Phi) is 7.52. The third-order valence-corrected chi connectivity index (χ3v) is 12.0. The molecule has 0 fully saturated rings. The average Bonchev–Trinajstić information content (AvgIpc) is 3.73. The van der Waals surface area contributed by atoms with Crippen molar-refractivity contribution in [3.8, 4) is 78.4 Å². The van der Waals surface area contributed by atoms with Gasteiger partial charge in [-0.15, -0.1) is 0 Å². The molecule has 2 aliphatic carbocycles. The van der Waals surface area contributed by atoms with Crippen LogP contribution in [-0.4, -0.2) is 15.0 Å². The Morgan fingerprint density at radius 1 is 0.351 bits per heavy atom. The van der Waals surface area contributed by atoms with Gasteiger partial charge >= 0.3 is 0 Å². The maximum absolute atomic E-state index is 5.17. The summed E-state index contributed by atoms with van der Waals surface area (Å²) in [6.45, 7) is 4.25. The molecular formula is C54H37N3. The van der Waals surface area contributed by atoms with Crippen LogP contribution in [0.1, 0.15) is 33.5 Å². The first-order valence-electron chi connectivity index (χ1n) is 19.6. The first kappa shape index (κ1) is 33.1. The number of aryl methyl sites for hydroxylation is 2. The van der Waals surface area contributed by atoms with Gasteiger partial charge in [0.2, 0.25) is 0 Å². The number of pyridine rings is 1. The zero-order valence-corrected chi connectivity index (χ0v) is 31.7. The molecule has 2 aliphatic rings. The molecule has 0 saturated heterocycles. The molecule has 1 atom stereocenters. The second kappa shape index (κ2) is 12.9. The molecule has 0 saturated carbocycles. The van der Waals surface area contributed by atoms with E-state index < -0.39 is 5.41 Å². The van der Waals surface area contributed by atoms with Gasteiger partial charge in [0.1, 0.15) is 0 Å². The Labute approximate surface area is 333 Å². The highest BCUT2D eigenvalue weighted by Crippen LogP contribution is 2.63. The van der Waals surface area contributed by atoms with E-state index in [1.807, 2.05) is 18.3 Å². The quantitative estimate of drug-likeness (QED) is 0.177. The molecule has 268 valence electrons. The molecule has 0 radical (unpaired) electrons. The lowest BCUT2D eigenvalue weighted by molar-refractivity contribution is 0.794. The number of hydrogen-bond acceptors (Lipinski definition) is 3. The summed E-state index contributed by atoms with van der Waals surface area (Å²) in [5, 5.41) is 0. The highest BCUT2D eigenvalue weighted by atomic mass is 14.9. The van der Waals surface area contributed by atoms with Crippen LogP contribution in [0.2, 0.25) is 0 Å². The Morgan fingerprint density at radius 3 is 1.49 bits per heavy atom. The van der Waals surface area contributed by atoms with Crippen molar-refractivity contribution in [2.75, 3.05) is 0 Å². The molecule has 57 heavy (non-hydrogen) atoms. The minimum absolute atomic E-state index is 0.446. The van der Waals surface area contributed by atoms with Crippen molar-refractivity contribution in [2.24, 2.45) is 0 Å². The van der Waals surface area contributed by atoms with Crippen LogP contribution < -0.4 is 0 Å². The lowest BCUT2D eigenvalue weighted by Gasteiger charge is -2.30. The molecule has 3 nitrogen and oxygen atoms in total. The van der Waals surface area contributed by atoms with Crippen molar-refractivity contribution in [2.45, 2.75) is 19.3 Å². The summed E-state index contributed by atoms with van der Waals surface area (Å²) in [6, 6.07) is 65.7. The zero-order valence-electron chi connectivity index (χ0n) is 31.7. The predicted octanol–water partition coefficient (Wildman–Crippen LogP) is 13.2. The molecule has 0 amide bonds. The van der Waals surface area contributed by atoms with E-state index in [-0.39, 0.29) is 0 Å². The highest BCUT2D eigenvalue weighted by molar-refractivity contribution is 5.97. The smallest absolute Gasteiger partial charge is 0.160 e. The van der Waals surface area contributed by atoms with E-state index in [9.17, 15) is 0 Å². The molecule has 9 aromatic rings. The maximum atomic E-state index is 5.17. The van der Waals surface area contributed by atoms with Crippen LogP contribution in [0.4, 0.5) is 0 Å². The number of benzene rings is 7. The minimum atomic E-state index is -0.446. The summed E-state index contributed by atoms with van der Waals surface area (Å²) in [5.74, 6) is 0.734. The van der Waals surface area contributed by atoms with Crippen molar-refractivity contribution >= 4 is 0 Å². The minimum Gasteiger partial charge on any atom is -0.256 e. The Hall–Kier alpha value is -7.23. The van der Waals surface area contributed by atoms with E-state index in [0.717, 1.165) is 45.2 Å². The molecule has 1 spiro atoms. The predicted molar refractivity (Wildman–Crippen MR) is 233 cm³/mol. The van der Waals surface area contributed by atoms with Crippen molar-refractivity contribution in [3.05, 3.63) is 222 Å². The molecule has 2 heterocycles. The van der Waals surface area contributed by atoms with Gasteiger partial charge in [-0.1, -0.05) is 158 Å². The normalized spacial score (nSPS) is 14.6. The van der Waals surface area contributed by atoms with E-state index >= 15 is 0 Å². The van der Waals surface area contributed by atoms with Crippen molar-refractivity contribution in [1.82, 2.24) is 15.0 Å². The van der Waals surface area contributed by atoms with E-state index in [1.54, 1.807) is 0 Å². The summed E-state index contributed by atoms with van der Waals surface area (Å²) in [4.78, 5) is 15.1. The summed E-state index contributed by atoms with van der Waals surface area (Å²) in [7, 11) is 0. The SMILES string of the molecule is Cc1cc(-c2ccc(-c3ccccc3)cc2)nc(-c2ccc3c(c2)-c2ccccc2C32c3ccccc3-c3cc(-c4cnc(-c5ccccc5)cc4C)ccc32)n1. The second-order valence-electron chi connectivity index (χ2n) is 15.3. The molecule has 3 heteroatoms. The fourth-order valence-electron chi connectivity index (χ4n) is 9.39. The first-order valence-corrected chi connectivity index (χ1v) is 19.6. The summed E-state index contributed by atoms with van der Waals surface area (Å²) in [6.07, 6.45) is 2.04. The molecule has 7 aromatic carbocycles. The number of rotatable bonds is 5. The third kappa shape index (κ3) is 5.16. The van der Waals surface area contributed by atoms with Gasteiger partial charge in [0.05, 0.1) is 16.8 Å². The number of nitrogens with zero attached hydrogens (tertiary/aromatic N) is 3. The standard InChI is InChI=1S/C54H37N3/c1-34-29-51(38-15-7-4-8-16-38)55-33-46(34)40-25-27-49-44(31-40)42-17-9-11-19-47(42)54(49)48-20-12-10-18-43(48)45-32-41(26-28-50(45)54)53-56-35(2)30-52(57-53)39-23-21-37(22-24-39)36-13-5-3-6-14-36/h3-33H,1-2H3. The van der Waals surface area contributed by atoms with Gasteiger partial charge in [-0.3, -0.25) is 4.98 Å². The zero-order chi connectivity index (χ0) is 38.1. The van der Waals surface area contributed by atoms with Crippen molar-refractivity contribution < 1.29 is 0 Å². The van der Waals surface area contributed by atoms with Gasteiger partial charge in [-0.25, -0.2) is 9.97 Å². The monoisotopic (exact) mass is 727 g/mol. The van der Waals surface area contributed by atoms with E-state index in [4.69, 9.17) is 15.0 Å². The third-order valence-electron chi connectivity index (χ3n) is 12.0. The van der Waals surface area contributed by atoms with Gasteiger partial charge in [0.25, 0.3) is 0 Å². The lowest BCUT2D eigenvalue weighted by Crippen LogP contribution is -2.25. The summed E-state index contributed by atoms with van der Waals surface area (Å²) >= 11 is 0. The number of hydrogen-bond donors (Lipinski definition) is 0. The van der Waals surface area contributed by atoms with Crippen LogP contribution in [0.5, 0.6) is 0 Å². The Bertz CT molecular complexity index is 3020. The Morgan fingerprint density at radius 2 is 0.842 bits per heavy atom. The first-order chi connectivity index (χ1) is 28.1. The van der Waals surface area contributed by atoms with Gasteiger partial charge in [0.15, 0.2) is 5.82 Å². The second-order valence-corrected chi connectivity index (χ2v) is 15.3. The van der Waals surface area contributed by atoms with Crippen LogP contribution in [0, 0.1) is 13.8 Å². The number of fused-ring (bicyclic) bond motifs is 10. The molecule has 0 aliphatic heterocycles. The van der Waals surface area contributed by atoms with E-state index in [1.165, 1.54) is 66.8 Å². The van der Waals surface area contributed by atoms with Crippen LogP contribution in [0.15, 0.2) is 188 Å². The van der Waals surface area contributed by atoms with E-state index in [0.29, 0.717) is 0 Å². The molecule has 1 unspecified atom stereocenters. The molecule has 0 N–H and O–H groups in total. The van der Waals surface area contributed by atoms with Gasteiger partial charge in [-0.05, 0) is 105 Å². The molecular weight excluding hydrogens is 691 g/mol. The van der Waals surface area contributed by atoms with Crippen LogP contribution in [-0.2, 0) is 5.41 Å². The van der Waals surface area contributed by atoms with Crippen molar-refractivity contribution in [3.63, 3.8) is 0 Å². The highest BCUT2D eigenvalue weighted by Gasteiger charge is 2.51. The summed E-state index contributed by atoms with van der Waals surface area (Å²) < 4.78 is 0. The average molecular weight is 728 g/mol. The Balaban J connectivity index is 1.02. The molecule has 11 rings (SSSR count). The van der Waals surface area contributed by atoms with Crippen LogP contribution >= 0.6 is 0 Å². The fraction of sp³-hybridized carbons (Fsp3) is 0.0556. The fourth-order valence-corrected chi connectivity index (χ4v) is 9.39. The number of aromatic nitrogens is 3. The molecule has 0 bridgehead atoms. The molecule has 2 aromatic heterocycles. The maximum Gasteiger partial charge on any atom is 0.160 e.